The molecule has 1 N–H and O–H groups in total. The highest BCUT2D eigenvalue weighted by Gasteiger charge is 2.41. The standard InChI is InChI=1S/C23H33N5O3/c1-16-8-17(10-25-23(16)30-3)11-28-7-5-20-18(12-28)14-31-21(20)9-22(29)24-6-4-19-13-27(2)15-26-19/h8,10,13,15,18,20-21H,4-7,9,11-12,14H2,1-3H3,(H,24,29)/t18-,20-,21+/m1/s1. The van der Waals surface area contributed by atoms with Gasteiger partial charge in [-0.3, -0.25) is 9.69 Å². The number of ether oxygens (including phenoxy) is 2. The van der Waals surface area contributed by atoms with Gasteiger partial charge in [0.15, 0.2) is 0 Å². The molecule has 0 bridgehead atoms. The Morgan fingerprint density at radius 2 is 2.26 bits per heavy atom. The maximum atomic E-state index is 12.4. The van der Waals surface area contributed by atoms with E-state index in [9.17, 15) is 4.79 Å². The number of imidazole rings is 1. The van der Waals surface area contributed by atoms with Crippen molar-refractivity contribution >= 4 is 5.91 Å². The number of carbonyl (C=O) groups is 1. The summed E-state index contributed by atoms with van der Waals surface area (Å²) in [6, 6.07) is 2.15. The van der Waals surface area contributed by atoms with Gasteiger partial charge >= 0.3 is 0 Å². The number of pyridine rings is 1. The average molecular weight is 428 g/mol. The molecule has 8 nitrogen and oxygen atoms in total. The van der Waals surface area contributed by atoms with Crippen LogP contribution in [0.4, 0.5) is 0 Å². The van der Waals surface area contributed by atoms with E-state index in [2.05, 4.69) is 26.3 Å². The van der Waals surface area contributed by atoms with Crippen molar-refractivity contribution in [2.24, 2.45) is 18.9 Å². The number of likely N-dealkylation sites (tertiary alicyclic amines) is 1. The summed E-state index contributed by atoms with van der Waals surface area (Å²) in [5, 5.41) is 3.02. The Kier molecular flexibility index (Phi) is 6.87. The van der Waals surface area contributed by atoms with Crippen LogP contribution in [0, 0.1) is 18.8 Å². The van der Waals surface area contributed by atoms with Gasteiger partial charge in [0.05, 0.1) is 38.3 Å². The molecule has 0 radical (unpaired) electrons. The lowest BCUT2D eigenvalue weighted by Crippen LogP contribution is -2.42. The van der Waals surface area contributed by atoms with Crippen LogP contribution in [0.5, 0.6) is 5.88 Å². The highest BCUT2D eigenvalue weighted by molar-refractivity contribution is 5.76. The van der Waals surface area contributed by atoms with Crippen LogP contribution in [-0.4, -0.2) is 64.8 Å². The molecule has 2 saturated heterocycles. The van der Waals surface area contributed by atoms with Crippen LogP contribution in [0.25, 0.3) is 0 Å². The third-order valence-corrected chi connectivity index (χ3v) is 6.41. The van der Waals surface area contributed by atoms with Crippen molar-refractivity contribution in [1.29, 1.82) is 0 Å². The molecule has 31 heavy (non-hydrogen) atoms. The SMILES string of the molecule is COc1ncc(CN2CC[C@@H]3[C@@H](CO[C@H]3CC(=O)NCCc3cn(C)cn3)C2)cc1C. The topological polar surface area (TPSA) is 81.5 Å². The van der Waals surface area contributed by atoms with Gasteiger partial charge in [-0.05, 0) is 37.4 Å². The van der Waals surface area contributed by atoms with E-state index in [-0.39, 0.29) is 12.0 Å². The number of amides is 1. The number of methoxy groups -OCH3 is 1. The Bertz CT molecular complexity index is 899. The highest BCUT2D eigenvalue weighted by atomic mass is 16.5. The zero-order valence-electron chi connectivity index (χ0n) is 18.7. The molecule has 0 unspecified atom stereocenters. The second-order valence-electron chi connectivity index (χ2n) is 8.82. The van der Waals surface area contributed by atoms with Crippen molar-refractivity contribution in [3.05, 3.63) is 41.6 Å². The van der Waals surface area contributed by atoms with Gasteiger partial charge in [0.25, 0.3) is 0 Å². The fourth-order valence-electron chi connectivity index (χ4n) is 4.88. The molecule has 2 aliphatic rings. The highest BCUT2D eigenvalue weighted by Crippen LogP contribution is 2.36. The molecule has 2 fully saturated rings. The quantitative estimate of drug-likeness (QED) is 0.691. The molecule has 4 rings (SSSR count). The van der Waals surface area contributed by atoms with E-state index < -0.39 is 0 Å². The first-order valence-electron chi connectivity index (χ1n) is 11.1. The first-order valence-corrected chi connectivity index (χ1v) is 11.1. The van der Waals surface area contributed by atoms with Crippen LogP contribution in [-0.2, 0) is 29.5 Å². The van der Waals surface area contributed by atoms with Gasteiger partial charge in [-0.1, -0.05) is 0 Å². The minimum atomic E-state index is 0.0342. The molecule has 8 heteroatoms. The molecule has 2 aromatic heterocycles. The Morgan fingerprint density at radius 1 is 1.39 bits per heavy atom. The van der Waals surface area contributed by atoms with Gasteiger partial charge in [0.2, 0.25) is 11.8 Å². The number of rotatable bonds is 8. The zero-order valence-corrected chi connectivity index (χ0v) is 18.7. The summed E-state index contributed by atoms with van der Waals surface area (Å²) in [5.74, 6) is 1.72. The Balaban J connectivity index is 1.22. The number of carbonyl (C=O) groups excluding carboxylic acids is 1. The van der Waals surface area contributed by atoms with Crippen LogP contribution in [0.3, 0.4) is 0 Å². The van der Waals surface area contributed by atoms with Crippen molar-refractivity contribution < 1.29 is 14.3 Å². The Morgan fingerprint density at radius 3 is 3.00 bits per heavy atom. The number of nitrogens with zero attached hydrogens (tertiary/aromatic N) is 4. The number of aryl methyl sites for hydroxylation is 2. The van der Waals surface area contributed by atoms with Crippen LogP contribution >= 0.6 is 0 Å². The molecule has 3 atom stereocenters. The summed E-state index contributed by atoms with van der Waals surface area (Å²) in [4.78, 5) is 23.6. The summed E-state index contributed by atoms with van der Waals surface area (Å²) in [6.07, 6.45) is 7.97. The van der Waals surface area contributed by atoms with Gasteiger partial charge in [-0.2, -0.15) is 0 Å². The molecule has 4 heterocycles. The van der Waals surface area contributed by atoms with E-state index in [0.717, 1.165) is 50.3 Å². The molecule has 0 aromatic carbocycles. The lowest BCUT2D eigenvalue weighted by Gasteiger charge is -2.35. The molecule has 168 valence electrons. The number of hydrogen-bond donors (Lipinski definition) is 1. The smallest absolute Gasteiger partial charge is 0.222 e. The number of nitrogens with one attached hydrogen (secondary N) is 1. The average Bonchev–Trinajstić information content (AvgIpc) is 3.34. The second-order valence-corrected chi connectivity index (χ2v) is 8.82. The lowest BCUT2D eigenvalue weighted by atomic mass is 9.83. The van der Waals surface area contributed by atoms with Crippen molar-refractivity contribution in [2.45, 2.75) is 38.8 Å². The largest absolute Gasteiger partial charge is 0.481 e. The summed E-state index contributed by atoms with van der Waals surface area (Å²) in [5.41, 5.74) is 3.27. The third kappa shape index (κ3) is 5.43. The van der Waals surface area contributed by atoms with Gasteiger partial charge in [0, 0.05) is 57.0 Å². The van der Waals surface area contributed by atoms with Gasteiger partial charge in [-0.15, -0.1) is 0 Å². The molecule has 0 spiro atoms. The molecule has 2 aliphatic heterocycles. The monoisotopic (exact) mass is 427 g/mol. The first kappa shape index (κ1) is 21.8. The van der Waals surface area contributed by atoms with Crippen LogP contribution < -0.4 is 10.1 Å². The van der Waals surface area contributed by atoms with Gasteiger partial charge < -0.3 is 19.4 Å². The third-order valence-electron chi connectivity index (χ3n) is 6.41. The number of piperidine rings is 1. The van der Waals surface area contributed by atoms with Gasteiger partial charge in [-0.25, -0.2) is 9.97 Å². The summed E-state index contributed by atoms with van der Waals surface area (Å²) < 4.78 is 13.2. The molecule has 0 aliphatic carbocycles. The first-order chi connectivity index (χ1) is 15.0. The maximum Gasteiger partial charge on any atom is 0.222 e. The summed E-state index contributed by atoms with van der Waals surface area (Å²) in [6.45, 7) is 6.30. The van der Waals surface area contributed by atoms with E-state index in [1.54, 1.807) is 13.4 Å². The fourth-order valence-corrected chi connectivity index (χ4v) is 4.88. The van der Waals surface area contributed by atoms with Gasteiger partial charge in [0.1, 0.15) is 0 Å². The van der Waals surface area contributed by atoms with E-state index in [1.165, 1.54) is 5.56 Å². The maximum absolute atomic E-state index is 12.4. The fraction of sp³-hybridized carbons (Fsp3) is 0.609. The van der Waals surface area contributed by atoms with E-state index >= 15 is 0 Å². The molecular formula is C23H33N5O3. The zero-order chi connectivity index (χ0) is 21.8. The van der Waals surface area contributed by atoms with E-state index in [1.807, 2.05) is 30.9 Å². The van der Waals surface area contributed by atoms with E-state index in [0.29, 0.717) is 30.7 Å². The Hall–Kier alpha value is -2.45. The predicted octanol–water partition coefficient (Wildman–Crippen LogP) is 1.72. The van der Waals surface area contributed by atoms with Crippen LogP contribution in [0.15, 0.2) is 24.8 Å². The number of hydrogen-bond acceptors (Lipinski definition) is 6. The van der Waals surface area contributed by atoms with Crippen LogP contribution in [0.2, 0.25) is 0 Å². The second kappa shape index (κ2) is 9.78. The van der Waals surface area contributed by atoms with Crippen molar-refractivity contribution in [1.82, 2.24) is 24.8 Å². The van der Waals surface area contributed by atoms with Crippen molar-refractivity contribution in [3.8, 4) is 5.88 Å². The van der Waals surface area contributed by atoms with Crippen LogP contribution in [0.1, 0.15) is 29.7 Å². The summed E-state index contributed by atoms with van der Waals surface area (Å²) in [7, 11) is 3.60. The number of fused-ring (bicyclic) bond motifs is 1. The number of aromatic nitrogens is 3. The molecular weight excluding hydrogens is 394 g/mol. The minimum Gasteiger partial charge on any atom is -0.481 e. The van der Waals surface area contributed by atoms with E-state index in [4.69, 9.17) is 9.47 Å². The lowest BCUT2D eigenvalue weighted by molar-refractivity contribution is -0.123. The summed E-state index contributed by atoms with van der Waals surface area (Å²) >= 11 is 0. The van der Waals surface area contributed by atoms with Crippen molar-refractivity contribution in [2.75, 3.05) is 33.4 Å². The normalized spacial score (nSPS) is 23.5. The molecule has 2 aromatic rings. The minimum absolute atomic E-state index is 0.0342. The molecule has 0 saturated carbocycles. The Labute approximate surface area is 184 Å². The molecule has 1 amide bonds. The van der Waals surface area contributed by atoms with Crippen molar-refractivity contribution in [3.63, 3.8) is 0 Å². The predicted molar refractivity (Wildman–Crippen MR) is 117 cm³/mol.